The molecule has 1 amide bonds. The molecule has 0 radical (unpaired) electrons. The number of hydrogen-bond acceptors (Lipinski definition) is 1. The van der Waals surface area contributed by atoms with E-state index in [1.165, 1.54) is 0 Å². The normalized spacial score (nSPS) is 15.7. The molecule has 1 atom stereocenters. The number of thiol groups is 1. The van der Waals surface area contributed by atoms with Gasteiger partial charge in [0.25, 0.3) is 5.91 Å². The average molecular weight is 309 g/mol. The van der Waals surface area contributed by atoms with Gasteiger partial charge in [0.05, 0.1) is 6.04 Å². The van der Waals surface area contributed by atoms with Crippen molar-refractivity contribution < 1.29 is 4.79 Å². The SMILES string of the molecule is O=C(NC(C[SH]1C=CC=C1)c1ccccc1)c1ccccc1. The van der Waals surface area contributed by atoms with Crippen LogP contribution in [0.1, 0.15) is 22.0 Å². The number of rotatable bonds is 5. The van der Waals surface area contributed by atoms with Gasteiger partial charge in [0.15, 0.2) is 0 Å². The molecule has 1 aliphatic rings. The molecular formula is C19H19NOS. The summed E-state index contributed by atoms with van der Waals surface area (Å²) in [4.78, 5) is 12.5. The number of amides is 1. The zero-order chi connectivity index (χ0) is 15.2. The van der Waals surface area contributed by atoms with Crippen LogP contribution in [0.4, 0.5) is 0 Å². The molecule has 22 heavy (non-hydrogen) atoms. The maximum atomic E-state index is 12.5. The van der Waals surface area contributed by atoms with Gasteiger partial charge in [0.1, 0.15) is 0 Å². The first-order valence-corrected chi connectivity index (χ1v) is 9.01. The predicted octanol–water partition coefficient (Wildman–Crippen LogP) is 4.20. The van der Waals surface area contributed by atoms with Gasteiger partial charge in [-0.3, -0.25) is 4.79 Å². The second-order valence-electron chi connectivity index (χ2n) is 5.18. The minimum atomic E-state index is -0.283. The average Bonchev–Trinajstić information content (AvgIpc) is 3.09. The van der Waals surface area contributed by atoms with Gasteiger partial charge in [-0.2, -0.15) is 0 Å². The first-order chi connectivity index (χ1) is 10.8. The molecule has 0 bridgehead atoms. The van der Waals surface area contributed by atoms with E-state index in [0.717, 1.165) is 11.3 Å². The molecule has 1 aliphatic heterocycles. The van der Waals surface area contributed by atoms with Crippen LogP contribution in [0.25, 0.3) is 0 Å². The second-order valence-corrected chi connectivity index (χ2v) is 7.17. The molecule has 3 heteroatoms. The highest BCUT2D eigenvalue weighted by Crippen LogP contribution is 2.36. The van der Waals surface area contributed by atoms with Crippen LogP contribution in [0.2, 0.25) is 0 Å². The van der Waals surface area contributed by atoms with Crippen molar-refractivity contribution in [3.05, 3.63) is 94.8 Å². The molecule has 0 fully saturated rings. The van der Waals surface area contributed by atoms with Gasteiger partial charge in [-0.1, -0.05) is 60.7 Å². The third-order valence-electron chi connectivity index (χ3n) is 3.60. The van der Waals surface area contributed by atoms with E-state index in [4.69, 9.17) is 0 Å². The lowest BCUT2D eigenvalue weighted by Crippen LogP contribution is -2.30. The van der Waals surface area contributed by atoms with Crippen molar-refractivity contribution in [1.29, 1.82) is 0 Å². The van der Waals surface area contributed by atoms with Crippen LogP contribution < -0.4 is 5.32 Å². The van der Waals surface area contributed by atoms with Crippen molar-refractivity contribution in [3.8, 4) is 0 Å². The van der Waals surface area contributed by atoms with Gasteiger partial charge < -0.3 is 5.32 Å². The number of carbonyl (C=O) groups is 1. The van der Waals surface area contributed by atoms with Crippen molar-refractivity contribution in [2.75, 3.05) is 5.75 Å². The number of hydrogen-bond donors (Lipinski definition) is 2. The smallest absolute Gasteiger partial charge is 0.251 e. The monoisotopic (exact) mass is 309 g/mol. The zero-order valence-corrected chi connectivity index (χ0v) is 13.1. The Kier molecular flexibility index (Phi) is 4.76. The molecule has 0 aromatic heterocycles. The van der Waals surface area contributed by atoms with Crippen LogP contribution in [-0.2, 0) is 0 Å². The molecule has 0 spiro atoms. The minimum absolute atomic E-state index is 0.0170. The molecule has 0 saturated carbocycles. The largest absolute Gasteiger partial charge is 0.344 e. The Labute approximate surface area is 133 Å². The Hall–Kier alpha value is -2.26. The van der Waals surface area contributed by atoms with Crippen molar-refractivity contribution in [1.82, 2.24) is 5.32 Å². The highest BCUT2D eigenvalue weighted by Gasteiger charge is 2.17. The first-order valence-electron chi connectivity index (χ1n) is 7.34. The van der Waals surface area contributed by atoms with Gasteiger partial charge in [-0.25, -0.2) is 10.9 Å². The third-order valence-corrected chi connectivity index (χ3v) is 5.50. The Morgan fingerprint density at radius 2 is 1.50 bits per heavy atom. The lowest BCUT2D eigenvalue weighted by atomic mass is 10.1. The van der Waals surface area contributed by atoms with Gasteiger partial charge in [-0.15, -0.1) is 0 Å². The molecule has 0 aliphatic carbocycles. The molecular weight excluding hydrogens is 290 g/mol. The minimum Gasteiger partial charge on any atom is -0.344 e. The van der Waals surface area contributed by atoms with E-state index in [0.29, 0.717) is 5.56 Å². The van der Waals surface area contributed by atoms with Crippen LogP contribution in [0.15, 0.2) is 83.6 Å². The predicted molar refractivity (Wildman–Crippen MR) is 95.2 cm³/mol. The molecule has 112 valence electrons. The lowest BCUT2D eigenvalue weighted by molar-refractivity contribution is 0.0940. The molecule has 1 N–H and O–H groups in total. The van der Waals surface area contributed by atoms with E-state index < -0.39 is 0 Å². The standard InChI is InChI=1S/C19H19NOS/c21-19(17-11-5-2-6-12-17)20-18(15-22-13-7-8-14-22)16-9-3-1-4-10-16/h1-14,18,22H,15H2,(H,20,21). The second kappa shape index (κ2) is 7.14. The van der Waals surface area contributed by atoms with E-state index in [1.807, 2.05) is 48.5 Å². The van der Waals surface area contributed by atoms with Crippen molar-refractivity contribution in [2.24, 2.45) is 0 Å². The van der Waals surface area contributed by atoms with E-state index in [-0.39, 0.29) is 22.8 Å². The highest BCUT2D eigenvalue weighted by atomic mass is 32.2. The topological polar surface area (TPSA) is 29.1 Å². The van der Waals surface area contributed by atoms with Gasteiger partial charge in [0.2, 0.25) is 0 Å². The highest BCUT2D eigenvalue weighted by molar-refractivity contribution is 8.22. The maximum absolute atomic E-state index is 12.5. The number of carbonyl (C=O) groups excluding carboxylic acids is 1. The Bertz CT molecular complexity index is 667. The summed E-state index contributed by atoms with van der Waals surface area (Å²) in [6, 6.07) is 19.6. The Morgan fingerprint density at radius 3 is 2.14 bits per heavy atom. The molecule has 2 nitrogen and oxygen atoms in total. The van der Waals surface area contributed by atoms with E-state index in [1.54, 1.807) is 0 Å². The fraction of sp³-hybridized carbons (Fsp3) is 0.105. The van der Waals surface area contributed by atoms with E-state index >= 15 is 0 Å². The molecule has 0 saturated heterocycles. The van der Waals surface area contributed by atoms with Gasteiger partial charge >= 0.3 is 0 Å². The molecule has 2 aromatic carbocycles. The quantitative estimate of drug-likeness (QED) is 0.796. The summed E-state index contributed by atoms with van der Waals surface area (Å²) in [5, 5.41) is 7.66. The van der Waals surface area contributed by atoms with Crippen molar-refractivity contribution in [3.63, 3.8) is 0 Å². The Morgan fingerprint density at radius 1 is 0.909 bits per heavy atom. The van der Waals surface area contributed by atoms with E-state index in [2.05, 4.69) is 40.4 Å². The first kappa shape index (κ1) is 14.7. The third kappa shape index (κ3) is 3.68. The van der Waals surface area contributed by atoms with E-state index in [9.17, 15) is 4.79 Å². The summed E-state index contributed by atoms with van der Waals surface area (Å²) in [5.74, 6) is 0.918. The number of allylic oxidation sites excluding steroid dienone is 2. The number of benzene rings is 2. The summed E-state index contributed by atoms with van der Waals surface area (Å²) in [6.45, 7) is 0. The van der Waals surface area contributed by atoms with Crippen LogP contribution >= 0.6 is 10.9 Å². The fourth-order valence-corrected chi connectivity index (χ4v) is 4.16. The molecule has 3 rings (SSSR count). The Balaban J connectivity index is 1.77. The summed E-state index contributed by atoms with van der Waals surface area (Å²) < 4.78 is 0. The summed E-state index contributed by atoms with van der Waals surface area (Å²) in [5.41, 5.74) is 1.86. The summed E-state index contributed by atoms with van der Waals surface area (Å²) in [7, 11) is -0.283. The molecule has 2 aromatic rings. The summed E-state index contributed by atoms with van der Waals surface area (Å²) in [6.07, 6.45) is 4.18. The maximum Gasteiger partial charge on any atom is 0.251 e. The van der Waals surface area contributed by atoms with Crippen molar-refractivity contribution in [2.45, 2.75) is 6.04 Å². The van der Waals surface area contributed by atoms with Crippen LogP contribution in [0.3, 0.4) is 0 Å². The zero-order valence-electron chi connectivity index (χ0n) is 12.2. The van der Waals surface area contributed by atoms with Crippen LogP contribution in [0.5, 0.6) is 0 Å². The number of nitrogens with one attached hydrogen (secondary N) is 1. The van der Waals surface area contributed by atoms with Gasteiger partial charge in [0, 0.05) is 11.3 Å². The fourth-order valence-electron chi connectivity index (χ4n) is 2.45. The summed E-state index contributed by atoms with van der Waals surface area (Å²) >= 11 is 0. The van der Waals surface area contributed by atoms with Crippen LogP contribution in [0, 0.1) is 0 Å². The van der Waals surface area contributed by atoms with Crippen LogP contribution in [-0.4, -0.2) is 11.7 Å². The molecule has 1 heterocycles. The molecule has 1 unspecified atom stereocenters. The van der Waals surface area contributed by atoms with Crippen molar-refractivity contribution >= 4 is 16.8 Å². The van der Waals surface area contributed by atoms with Gasteiger partial charge in [-0.05, 0) is 28.5 Å². The lowest BCUT2D eigenvalue weighted by Gasteiger charge is -2.23.